The van der Waals surface area contributed by atoms with Gasteiger partial charge in [-0.15, -0.1) is 11.3 Å². The van der Waals surface area contributed by atoms with Gasteiger partial charge >= 0.3 is 0 Å². The number of sulfonamides is 1. The molecule has 0 aliphatic carbocycles. The van der Waals surface area contributed by atoms with E-state index in [2.05, 4.69) is 9.71 Å². The van der Waals surface area contributed by atoms with Crippen LogP contribution < -0.4 is 10.5 Å². The second kappa shape index (κ2) is 5.43. The van der Waals surface area contributed by atoms with Crippen molar-refractivity contribution in [3.63, 3.8) is 0 Å². The number of thiazole rings is 1. The van der Waals surface area contributed by atoms with E-state index >= 15 is 0 Å². The molecule has 0 spiro atoms. The minimum Gasteiger partial charge on any atom is -0.396 e. The van der Waals surface area contributed by atoms with Crippen LogP contribution in [0.1, 0.15) is 10.6 Å². The van der Waals surface area contributed by atoms with Crippen molar-refractivity contribution in [2.45, 2.75) is 18.4 Å². The van der Waals surface area contributed by atoms with E-state index in [1.54, 1.807) is 12.4 Å². The average Bonchev–Trinajstić information content (AvgIpc) is 2.77. The highest BCUT2D eigenvalue weighted by Crippen LogP contribution is 2.21. The van der Waals surface area contributed by atoms with E-state index in [1.807, 2.05) is 0 Å². The molecule has 3 N–H and O–H groups in total. The Hall–Kier alpha value is -1.58. The zero-order valence-corrected chi connectivity index (χ0v) is 12.0. The molecule has 2 aromatic rings. The van der Waals surface area contributed by atoms with Gasteiger partial charge in [-0.3, -0.25) is 0 Å². The van der Waals surface area contributed by atoms with Gasteiger partial charge in [0.15, 0.2) is 0 Å². The standard InChI is InChI=1S/C11H11F2N3O2S2/c1-6-10(19-5-15-6)4-16-20(17,18)11-3-9(14)7(12)2-8(11)13/h2-3,5,16H,4,14H2,1H3. The first-order chi connectivity index (χ1) is 9.31. The van der Waals surface area contributed by atoms with Crippen molar-refractivity contribution in [1.29, 1.82) is 0 Å². The van der Waals surface area contributed by atoms with Crippen LogP contribution in [0.5, 0.6) is 0 Å². The van der Waals surface area contributed by atoms with Gasteiger partial charge in [-0.2, -0.15) is 0 Å². The summed E-state index contributed by atoms with van der Waals surface area (Å²) in [6, 6.07) is 1.20. The maximum atomic E-state index is 13.5. The molecule has 0 bridgehead atoms. The quantitative estimate of drug-likeness (QED) is 0.841. The van der Waals surface area contributed by atoms with E-state index in [-0.39, 0.29) is 6.54 Å². The van der Waals surface area contributed by atoms with Gasteiger partial charge in [-0.05, 0) is 13.0 Å². The van der Waals surface area contributed by atoms with E-state index in [0.29, 0.717) is 16.6 Å². The molecule has 0 radical (unpaired) electrons. The number of nitrogen functional groups attached to an aromatic ring is 1. The molecular weight excluding hydrogens is 308 g/mol. The van der Waals surface area contributed by atoms with Crippen molar-refractivity contribution in [1.82, 2.24) is 9.71 Å². The molecule has 2 rings (SSSR count). The summed E-state index contributed by atoms with van der Waals surface area (Å²) in [4.78, 5) is 4.00. The lowest BCUT2D eigenvalue weighted by Gasteiger charge is -2.08. The van der Waals surface area contributed by atoms with Crippen molar-refractivity contribution in [2.24, 2.45) is 0 Å². The first kappa shape index (κ1) is 14.8. The number of nitrogens with zero attached hydrogens (tertiary/aromatic N) is 1. The van der Waals surface area contributed by atoms with Crippen molar-refractivity contribution < 1.29 is 17.2 Å². The summed E-state index contributed by atoms with van der Waals surface area (Å²) in [5.74, 6) is -2.19. The lowest BCUT2D eigenvalue weighted by Crippen LogP contribution is -2.24. The number of halogens is 2. The molecule has 0 saturated heterocycles. The van der Waals surface area contributed by atoms with Gasteiger partial charge in [0.25, 0.3) is 0 Å². The number of hydrogen-bond donors (Lipinski definition) is 2. The third-order valence-electron chi connectivity index (χ3n) is 2.61. The molecule has 1 aromatic carbocycles. The Morgan fingerprint density at radius 3 is 2.65 bits per heavy atom. The molecule has 108 valence electrons. The molecule has 0 fully saturated rings. The van der Waals surface area contributed by atoms with Crippen molar-refractivity contribution >= 4 is 27.0 Å². The molecule has 20 heavy (non-hydrogen) atoms. The summed E-state index contributed by atoms with van der Waals surface area (Å²) in [5.41, 5.74) is 7.10. The minimum absolute atomic E-state index is 0.0183. The Labute approximate surface area is 118 Å². The molecule has 0 atom stereocenters. The van der Waals surface area contributed by atoms with E-state index < -0.39 is 32.2 Å². The molecule has 0 aliphatic heterocycles. The van der Waals surface area contributed by atoms with Crippen LogP contribution in [0.4, 0.5) is 14.5 Å². The van der Waals surface area contributed by atoms with Crippen LogP contribution in [-0.2, 0) is 16.6 Å². The monoisotopic (exact) mass is 319 g/mol. The highest BCUT2D eigenvalue weighted by atomic mass is 32.2. The number of benzene rings is 1. The van der Waals surface area contributed by atoms with Gasteiger partial charge in [0.1, 0.15) is 16.5 Å². The molecule has 0 amide bonds. The van der Waals surface area contributed by atoms with E-state index in [9.17, 15) is 17.2 Å². The second-order valence-electron chi connectivity index (χ2n) is 3.99. The van der Waals surface area contributed by atoms with Gasteiger partial charge in [0, 0.05) is 17.5 Å². The van der Waals surface area contributed by atoms with Crippen LogP contribution in [0.25, 0.3) is 0 Å². The summed E-state index contributed by atoms with van der Waals surface area (Å²) >= 11 is 1.28. The fourth-order valence-electron chi connectivity index (χ4n) is 1.48. The maximum absolute atomic E-state index is 13.5. The Morgan fingerprint density at radius 2 is 2.05 bits per heavy atom. The lowest BCUT2D eigenvalue weighted by atomic mass is 10.3. The number of aromatic nitrogens is 1. The zero-order valence-electron chi connectivity index (χ0n) is 10.4. The predicted octanol–water partition coefficient (Wildman–Crippen LogP) is 1.79. The maximum Gasteiger partial charge on any atom is 0.243 e. The Balaban J connectivity index is 2.27. The molecular formula is C11H11F2N3O2S2. The summed E-state index contributed by atoms with van der Waals surface area (Å²) in [7, 11) is -4.12. The lowest BCUT2D eigenvalue weighted by molar-refractivity contribution is 0.544. The third-order valence-corrected chi connectivity index (χ3v) is 4.96. The average molecular weight is 319 g/mol. The van der Waals surface area contributed by atoms with Crippen molar-refractivity contribution in [2.75, 3.05) is 5.73 Å². The first-order valence-electron chi connectivity index (χ1n) is 5.44. The van der Waals surface area contributed by atoms with Crippen LogP contribution in [0.15, 0.2) is 22.5 Å². The van der Waals surface area contributed by atoms with Gasteiger partial charge in [0.2, 0.25) is 10.0 Å². The molecule has 1 aromatic heterocycles. The first-order valence-corrected chi connectivity index (χ1v) is 7.80. The van der Waals surface area contributed by atoms with Gasteiger partial charge in [-0.25, -0.2) is 26.9 Å². The predicted molar refractivity (Wildman–Crippen MR) is 71.6 cm³/mol. The fraction of sp³-hybridized carbons (Fsp3) is 0.182. The Kier molecular flexibility index (Phi) is 4.02. The number of nitrogens with two attached hydrogens (primary N) is 1. The van der Waals surface area contributed by atoms with Gasteiger partial charge in [0.05, 0.1) is 16.9 Å². The normalized spacial score (nSPS) is 11.8. The minimum atomic E-state index is -4.12. The molecule has 0 aliphatic rings. The molecule has 0 saturated carbocycles. The number of hydrogen-bond acceptors (Lipinski definition) is 5. The SMILES string of the molecule is Cc1ncsc1CNS(=O)(=O)c1cc(N)c(F)cc1F. The molecule has 0 unspecified atom stereocenters. The van der Waals surface area contributed by atoms with Gasteiger partial charge < -0.3 is 5.73 Å². The topological polar surface area (TPSA) is 85.1 Å². The van der Waals surface area contributed by atoms with Crippen molar-refractivity contribution in [3.05, 3.63) is 39.8 Å². The van der Waals surface area contributed by atoms with Gasteiger partial charge in [-0.1, -0.05) is 0 Å². The van der Waals surface area contributed by atoms with E-state index in [1.165, 1.54) is 11.3 Å². The number of rotatable bonds is 4. The van der Waals surface area contributed by atoms with Crippen LogP contribution in [0, 0.1) is 18.6 Å². The number of anilines is 1. The highest BCUT2D eigenvalue weighted by molar-refractivity contribution is 7.89. The smallest absolute Gasteiger partial charge is 0.243 e. The summed E-state index contributed by atoms with van der Waals surface area (Å²) < 4.78 is 52.8. The van der Waals surface area contributed by atoms with Crippen molar-refractivity contribution in [3.8, 4) is 0 Å². The van der Waals surface area contributed by atoms with E-state index in [4.69, 9.17) is 5.73 Å². The zero-order chi connectivity index (χ0) is 14.9. The van der Waals surface area contributed by atoms with Crippen LogP contribution >= 0.6 is 11.3 Å². The third kappa shape index (κ3) is 2.94. The van der Waals surface area contributed by atoms with Crippen LogP contribution in [0.2, 0.25) is 0 Å². The van der Waals surface area contributed by atoms with Crippen LogP contribution in [-0.4, -0.2) is 13.4 Å². The largest absolute Gasteiger partial charge is 0.396 e. The van der Waals surface area contributed by atoms with Crippen LogP contribution in [0.3, 0.4) is 0 Å². The Morgan fingerprint density at radius 1 is 1.35 bits per heavy atom. The number of nitrogens with one attached hydrogen (secondary N) is 1. The van der Waals surface area contributed by atoms with E-state index in [0.717, 1.165) is 6.07 Å². The molecule has 1 heterocycles. The second-order valence-corrected chi connectivity index (χ2v) is 6.66. The molecule has 9 heteroatoms. The highest BCUT2D eigenvalue weighted by Gasteiger charge is 2.21. The summed E-state index contributed by atoms with van der Waals surface area (Å²) in [5, 5.41) is 0. The summed E-state index contributed by atoms with van der Waals surface area (Å²) in [6.07, 6.45) is 0. The number of aryl methyl sites for hydroxylation is 1. The molecule has 5 nitrogen and oxygen atoms in total. The summed E-state index contributed by atoms with van der Waals surface area (Å²) in [6.45, 7) is 1.71. The fourth-order valence-corrected chi connectivity index (χ4v) is 3.38. The Bertz CT molecular complexity index is 744.